The van der Waals surface area contributed by atoms with Gasteiger partial charge >= 0.3 is 0 Å². The van der Waals surface area contributed by atoms with E-state index in [2.05, 4.69) is 21.4 Å². The van der Waals surface area contributed by atoms with E-state index in [1.54, 1.807) is 6.07 Å². The Morgan fingerprint density at radius 1 is 1.10 bits per heavy atom. The molecule has 106 valence electrons. The van der Waals surface area contributed by atoms with Crippen molar-refractivity contribution >= 4 is 21.6 Å². The number of hydrogen-bond acceptors (Lipinski definition) is 3. The third kappa shape index (κ3) is 3.53. The molecule has 6 heteroatoms. The Hall–Kier alpha value is -1.50. The minimum absolute atomic E-state index is 0.325. The smallest absolute Gasteiger partial charge is 0.126 e. The number of anilines is 1. The Morgan fingerprint density at radius 3 is 2.35 bits per heavy atom. The second kappa shape index (κ2) is 6.30. The molecule has 0 heterocycles. The summed E-state index contributed by atoms with van der Waals surface area (Å²) in [6, 6.07) is 8.44. The van der Waals surface area contributed by atoms with E-state index in [-0.39, 0.29) is 6.04 Å². The molecule has 0 bridgehead atoms. The molecule has 3 nitrogen and oxygen atoms in total. The van der Waals surface area contributed by atoms with Crippen LogP contribution in [0.5, 0.6) is 0 Å². The third-order valence-corrected chi connectivity index (χ3v) is 3.48. The summed E-state index contributed by atoms with van der Waals surface area (Å²) >= 11 is 3.36. The largest absolute Gasteiger partial charge is 0.398 e. The molecule has 20 heavy (non-hydrogen) atoms. The lowest BCUT2D eigenvalue weighted by atomic mass is 9.98. The highest BCUT2D eigenvalue weighted by atomic mass is 79.9. The molecule has 0 radical (unpaired) electrons. The summed E-state index contributed by atoms with van der Waals surface area (Å²) in [5, 5.41) is 0. The van der Waals surface area contributed by atoms with E-state index in [0.717, 1.165) is 16.1 Å². The zero-order chi connectivity index (χ0) is 14.7. The Balaban J connectivity index is 2.31. The van der Waals surface area contributed by atoms with Gasteiger partial charge in [0.25, 0.3) is 0 Å². The predicted octanol–water partition coefficient (Wildman–Crippen LogP) is 3.06. The quantitative estimate of drug-likeness (QED) is 0.455. The second-order valence-electron chi connectivity index (χ2n) is 4.47. The molecule has 0 saturated carbocycles. The Bertz CT molecular complexity index is 599. The van der Waals surface area contributed by atoms with Crippen LogP contribution < -0.4 is 17.0 Å². The average molecular weight is 342 g/mol. The molecule has 2 rings (SSSR count). The number of nitrogen functional groups attached to an aromatic ring is 1. The number of nitrogens with one attached hydrogen (secondary N) is 1. The number of rotatable bonds is 4. The van der Waals surface area contributed by atoms with Crippen LogP contribution in [-0.2, 0) is 6.42 Å². The number of benzene rings is 2. The van der Waals surface area contributed by atoms with Crippen LogP contribution in [0.4, 0.5) is 14.5 Å². The molecule has 1 unspecified atom stereocenters. The van der Waals surface area contributed by atoms with Gasteiger partial charge in [-0.25, -0.2) is 8.78 Å². The molecule has 0 aromatic heterocycles. The molecular formula is C14H14BrF2N3. The molecule has 0 aliphatic rings. The van der Waals surface area contributed by atoms with Gasteiger partial charge < -0.3 is 5.73 Å². The summed E-state index contributed by atoms with van der Waals surface area (Å²) in [5.41, 5.74) is 10.4. The van der Waals surface area contributed by atoms with E-state index in [1.807, 2.05) is 12.1 Å². The van der Waals surface area contributed by atoms with Crippen LogP contribution in [0.3, 0.4) is 0 Å². The van der Waals surface area contributed by atoms with Crippen LogP contribution in [0.25, 0.3) is 0 Å². The van der Waals surface area contributed by atoms with Crippen molar-refractivity contribution in [2.45, 2.75) is 12.5 Å². The summed E-state index contributed by atoms with van der Waals surface area (Å²) in [4.78, 5) is 0. The molecule has 0 amide bonds. The van der Waals surface area contributed by atoms with Gasteiger partial charge in [0, 0.05) is 16.2 Å². The van der Waals surface area contributed by atoms with Crippen LogP contribution in [0.15, 0.2) is 40.9 Å². The minimum atomic E-state index is -0.613. The van der Waals surface area contributed by atoms with Crippen molar-refractivity contribution in [3.05, 3.63) is 63.6 Å². The first-order chi connectivity index (χ1) is 9.49. The van der Waals surface area contributed by atoms with E-state index in [1.165, 1.54) is 12.1 Å². The molecule has 0 spiro atoms. The molecule has 0 aliphatic heterocycles. The van der Waals surface area contributed by atoms with Crippen molar-refractivity contribution in [2.24, 2.45) is 5.84 Å². The summed E-state index contributed by atoms with van der Waals surface area (Å²) < 4.78 is 27.3. The van der Waals surface area contributed by atoms with E-state index in [4.69, 9.17) is 11.6 Å². The fourth-order valence-corrected chi connectivity index (χ4v) is 2.45. The van der Waals surface area contributed by atoms with Gasteiger partial charge in [-0.2, -0.15) is 0 Å². The number of hydrogen-bond donors (Lipinski definition) is 3. The lowest BCUT2D eigenvalue weighted by molar-refractivity contribution is 0.541. The topological polar surface area (TPSA) is 64.1 Å². The summed E-state index contributed by atoms with van der Waals surface area (Å²) in [6.45, 7) is 0. The first-order valence-corrected chi connectivity index (χ1v) is 6.75. The zero-order valence-corrected chi connectivity index (χ0v) is 12.1. The van der Waals surface area contributed by atoms with Gasteiger partial charge in [-0.1, -0.05) is 15.9 Å². The monoisotopic (exact) mass is 341 g/mol. The maximum atomic E-state index is 13.2. The average Bonchev–Trinajstić information content (AvgIpc) is 2.38. The number of hydrazine groups is 1. The molecule has 5 N–H and O–H groups in total. The first-order valence-electron chi connectivity index (χ1n) is 5.95. The highest BCUT2D eigenvalue weighted by molar-refractivity contribution is 9.10. The lowest BCUT2D eigenvalue weighted by Gasteiger charge is -2.19. The number of nitrogens with two attached hydrogens (primary N) is 2. The van der Waals surface area contributed by atoms with Gasteiger partial charge in [-0.15, -0.1) is 0 Å². The van der Waals surface area contributed by atoms with Crippen molar-refractivity contribution in [3.63, 3.8) is 0 Å². The van der Waals surface area contributed by atoms with E-state index in [9.17, 15) is 8.78 Å². The van der Waals surface area contributed by atoms with Crippen LogP contribution >= 0.6 is 15.9 Å². The minimum Gasteiger partial charge on any atom is -0.398 e. The van der Waals surface area contributed by atoms with Crippen LogP contribution in [-0.4, -0.2) is 0 Å². The molecule has 2 aromatic rings. The van der Waals surface area contributed by atoms with Crippen molar-refractivity contribution in [1.29, 1.82) is 0 Å². The SMILES string of the molecule is NNC(Cc1cc(F)cc(F)c1)c1cc(Br)ccc1N. The third-order valence-electron chi connectivity index (χ3n) is 2.99. The van der Waals surface area contributed by atoms with Gasteiger partial charge in [-0.05, 0) is 47.9 Å². The van der Waals surface area contributed by atoms with Crippen LogP contribution in [0.1, 0.15) is 17.2 Å². The van der Waals surface area contributed by atoms with Crippen molar-refractivity contribution in [2.75, 3.05) is 5.73 Å². The Labute approximate surface area is 124 Å². The van der Waals surface area contributed by atoms with Crippen LogP contribution in [0.2, 0.25) is 0 Å². The van der Waals surface area contributed by atoms with Crippen molar-refractivity contribution in [3.8, 4) is 0 Å². The second-order valence-corrected chi connectivity index (χ2v) is 5.39. The van der Waals surface area contributed by atoms with Gasteiger partial charge in [-0.3, -0.25) is 11.3 Å². The fourth-order valence-electron chi connectivity index (χ4n) is 2.07. The molecule has 0 saturated heterocycles. The number of halogens is 3. The highest BCUT2D eigenvalue weighted by Gasteiger charge is 2.15. The summed E-state index contributed by atoms with van der Waals surface area (Å²) in [6.07, 6.45) is 0.325. The summed E-state index contributed by atoms with van der Waals surface area (Å²) in [5.74, 6) is 4.31. The first kappa shape index (κ1) is 14.9. The predicted molar refractivity (Wildman–Crippen MR) is 78.7 cm³/mol. The molecule has 0 aliphatic carbocycles. The fraction of sp³-hybridized carbons (Fsp3) is 0.143. The lowest BCUT2D eigenvalue weighted by Crippen LogP contribution is -2.30. The zero-order valence-electron chi connectivity index (χ0n) is 10.5. The molecular weight excluding hydrogens is 328 g/mol. The van der Waals surface area contributed by atoms with Gasteiger partial charge in [0.1, 0.15) is 11.6 Å². The Kier molecular flexibility index (Phi) is 4.69. The van der Waals surface area contributed by atoms with Crippen LogP contribution in [0, 0.1) is 11.6 Å². The normalized spacial score (nSPS) is 12.4. The summed E-state index contributed by atoms with van der Waals surface area (Å²) in [7, 11) is 0. The maximum Gasteiger partial charge on any atom is 0.126 e. The maximum absolute atomic E-state index is 13.2. The van der Waals surface area contributed by atoms with Crippen molar-refractivity contribution < 1.29 is 8.78 Å². The Morgan fingerprint density at radius 2 is 1.75 bits per heavy atom. The molecule has 2 aromatic carbocycles. The van der Waals surface area contributed by atoms with Gasteiger partial charge in [0.15, 0.2) is 0 Å². The van der Waals surface area contributed by atoms with Crippen molar-refractivity contribution in [1.82, 2.24) is 5.43 Å². The molecule has 1 atom stereocenters. The standard InChI is InChI=1S/C14H14BrF2N3/c15-9-1-2-13(18)12(6-9)14(20-19)5-8-3-10(16)7-11(17)4-8/h1-4,6-7,14,20H,5,18-19H2. The van der Waals surface area contributed by atoms with E-state index in [0.29, 0.717) is 17.7 Å². The molecule has 0 fully saturated rings. The van der Waals surface area contributed by atoms with Gasteiger partial charge in [0.05, 0.1) is 6.04 Å². The highest BCUT2D eigenvalue weighted by Crippen LogP contribution is 2.27. The van der Waals surface area contributed by atoms with Gasteiger partial charge in [0.2, 0.25) is 0 Å². The van der Waals surface area contributed by atoms with E-state index >= 15 is 0 Å². The van der Waals surface area contributed by atoms with E-state index < -0.39 is 11.6 Å².